The van der Waals surface area contributed by atoms with Gasteiger partial charge in [0.2, 0.25) is 10.0 Å². The van der Waals surface area contributed by atoms with Gasteiger partial charge in [-0.1, -0.05) is 15.9 Å². The van der Waals surface area contributed by atoms with Crippen LogP contribution in [0.25, 0.3) is 0 Å². The Morgan fingerprint density at radius 3 is 1.80 bits per heavy atom. The molecule has 0 radical (unpaired) electrons. The van der Waals surface area contributed by atoms with Crippen molar-refractivity contribution in [3.8, 4) is 0 Å². The molecule has 1 aliphatic rings. The first-order valence-corrected chi connectivity index (χ1v) is 9.48. The van der Waals surface area contributed by atoms with Crippen LogP contribution in [0.1, 0.15) is 0 Å². The molecule has 0 saturated carbocycles. The van der Waals surface area contributed by atoms with E-state index in [0.717, 1.165) is 8.78 Å². The van der Waals surface area contributed by atoms with Crippen LogP contribution in [-0.4, -0.2) is 51.6 Å². The van der Waals surface area contributed by atoms with Crippen molar-refractivity contribution in [3.05, 3.63) is 28.7 Å². The van der Waals surface area contributed by atoms with Gasteiger partial charge in [-0.3, -0.25) is 0 Å². The zero-order chi connectivity index (χ0) is 15.0. The van der Waals surface area contributed by atoms with Gasteiger partial charge in [0, 0.05) is 30.7 Å². The van der Waals surface area contributed by atoms with E-state index in [4.69, 9.17) is 5.14 Å². The van der Waals surface area contributed by atoms with Gasteiger partial charge in [-0.2, -0.15) is 17.0 Å². The van der Waals surface area contributed by atoms with E-state index in [2.05, 4.69) is 15.9 Å². The first-order chi connectivity index (χ1) is 9.21. The molecule has 20 heavy (non-hydrogen) atoms. The van der Waals surface area contributed by atoms with Gasteiger partial charge in [0.05, 0.1) is 4.90 Å². The zero-order valence-electron chi connectivity index (χ0n) is 10.4. The molecule has 0 spiro atoms. The fraction of sp³-hybridized carbons (Fsp3) is 0.400. The molecular weight excluding hydrogens is 370 g/mol. The number of rotatable bonds is 3. The van der Waals surface area contributed by atoms with Crippen LogP contribution >= 0.6 is 15.9 Å². The normalized spacial score (nSPS) is 19.1. The molecule has 1 aromatic carbocycles. The number of hydrogen-bond acceptors (Lipinski definition) is 4. The van der Waals surface area contributed by atoms with E-state index in [-0.39, 0.29) is 31.1 Å². The number of hydrogen-bond donors (Lipinski definition) is 1. The maximum Gasteiger partial charge on any atom is 0.276 e. The number of benzene rings is 1. The van der Waals surface area contributed by atoms with Crippen LogP contribution in [0, 0.1) is 0 Å². The Morgan fingerprint density at radius 2 is 1.35 bits per heavy atom. The topological polar surface area (TPSA) is 101 Å². The summed E-state index contributed by atoms with van der Waals surface area (Å²) in [5.74, 6) is 0. The van der Waals surface area contributed by atoms with Gasteiger partial charge in [-0.05, 0) is 24.3 Å². The molecule has 1 saturated heterocycles. The highest BCUT2D eigenvalue weighted by Crippen LogP contribution is 2.20. The molecular formula is C10H14BrN3O4S2. The predicted molar refractivity (Wildman–Crippen MR) is 77.6 cm³/mol. The van der Waals surface area contributed by atoms with Crippen molar-refractivity contribution in [1.82, 2.24) is 8.61 Å². The molecule has 0 aromatic heterocycles. The minimum atomic E-state index is -3.76. The van der Waals surface area contributed by atoms with Crippen LogP contribution in [0.3, 0.4) is 0 Å². The van der Waals surface area contributed by atoms with E-state index in [1.165, 1.54) is 16.4 Å². The summed E-state index contributed by atoms with van der Waals surface area (Å²) in [6.07, 6.45) is 0. The molecule has 10 heteroatoms. The average Bonchev–Trinajstić information content (AvgIpc) is 2.38. The first kappa shape index (κ1) is 15.9. The largest absolute Gasteiger partial charge is 0.276 e. The summed E-state index contributed by atoms with van der Waals surface area (Å²) in [7, 11) is -7.36. The van der Waals surface area contributed by atoms with E-state index < -0.39 is 20.2 Å². The van der Waals surface area contributed by atoms with Gasteiger partial charge in [0.15, 0.2) is 0 Å². The highest BCUT2D eigenvalue weighted by Gasteiger charge is 2.31. The van der Waals surface area contributed by atoms with Crippen molar-refractivity contribution in [2.75, 3.05) is 26.2 Å². The van der Waals surface area contributed by atoms with Gasteiger partial charge in [-0.15, -0.1) is 0 Å². The van der Waals surface area contributed by atoms with Gasteiger partial charge in [-0.25, -0.2) is 13.6 Å². The fourth-order valence-electron chi connectivity index (χ4n) is 1.92. The monoisotopic (exact) mass is 383 g/mol. The van der Waals surface area contributed by atoms with Crippen molar-refractivity contribution in [3.63, 3.8) is 0 Å². The van der Waals surface area contributed by atoms with Crippen LogP contribution in [-0.2, 0) is 20.2 Å². The SMILES string of the molecule is NS(=O)(=O)N1CCN(S(=O)(=O)c2ccc(Br)cc2)CC1. The van der Waals surface area contributed by atoms with Crippen LogP contribution in [0.4, 0.5) is 0 Å². The molecule has 0 amide bonds. The first-order valence-electron chi connectivity index (χ1n) is 5.75. The second kappa shape index (κ2) is 5.70. The Morgan fingerprint density at radius 1 is 0.900 bits per heavy atom. The quantitative estimate of drug-likeness (QED) is 0.790. The maximum absolute atomic E-state index is 12.4. The van der Waals surface area contributed by atoms with Crippen molar-refractivity contribution >= 4 is 36.2 Å². The molecule has 7 nitrogen and oxygen atoms in total. The minimum Gasteiger partial charge on any atom is -0.216 e. The van der Waals surface area contributed by atoms with E-state index in [9.17, 15) is 16.8 Å². The lowest BCUT2D eigenvalue weighted by Crippen LogP contribution is -2.52. The Kier molecular flexibility index (Phi) is 4.52. The molecule has 0 bridgehead atoms. The van der Waals surface area contributed by atoms with Crippen LogP contribution in [0.2, 0.25) is 0 Å². The summed E-state index contributed by atoms with van der Waals surface area (Å²) in [5, 5.41) is 5.02. The predicted octanol–water partition coefficient (Wildman–Crippen LogP) is -0.0411. The molecule has 2 rings (SSSR count). The maximum atomic E-state index is 12.4. The summed E-state index contributed by atoms with van der Waals surface area (Å²) < 4.78 is 50.2. The summed E-state index contributed by atoms with van der Waals surface area (Å²) in [6.45, 7) is 0.312. The molecule has 0 unspecified atom stereocenters. The second-order valence-electron chi connectivity index (χ2n) is 4.30. The molecule has 2 N–H and O–H groups in total. The van der Waals surface area contributed by atoms with Crippen molar-refractivity contribution in [2.24, 2.45) is 5.14 Å². The third kappa shape index (κ3) is 3.38. The van der Waals surface area contributed by atoms with Crippen molar-refractivity contribution in [2.45, 2.75) is 4.90 Å². The van der Waals surface area contributed by atoms with Crippen LogP contribution in [0.15, 0.2) is 33.6 Å². The smallest absolute Gasteiger partial charge is 0.216 e. The number of nitrogens with zero attached hydrogens (tertiary/aromatic N) is 2. The standard InChI is InChI=1S/C10H14BrN3O4S2/c11-9-1-3-10(4-2-9)19(15,16)13-5-7-14(8-6-13)20(12,17)18/h1-4H,5-8H2,(H2,12,17,18). The third-order valence-corrected chi connectivity index (χ3v) is 6.54. The highest BCUT2D eigenvalue weighted by atomic mass is 79.9. The molecule has 1 aliphatic heterocycles. The number of halogens is 1. The van der Waals surface area contributed by atoms with E-state index >= 15 is 0 Å². The Labute approximate surface area is 126 Å². The number of piperazine rings is 1. The van der Waals surface area contributed by atoms with E-state index in [0.29, 0.717) is 0 Å². The summed E-state index contributed by atoms with van der Waals surface area (Å²) in [6, 6.07) is 6.30. The molecule has 1 heterocycles. The summed E-state index contributed by atoms with van der Waals surface area (Å²) >= 11 is 3.24. The lowest BCUT2D eigenvalue weighted by Gasteiger charge is -2.32. The van der Waals surface area contributed by atoms with Crippen LogP contribution in [0.5, 0.6) is 0 Å². The van der Waals surface area contributed by atoms with Crippen molar-refractivity contribution in [1.29, 1.82) is 0 Å². The van der Waals surface area contributed by atoms with Crippen molar-refractivity contribution < 1.29 is 16.8 Å². The molecule has 0 atom stereocenters. The molecule has 0 aliphatic carbocycles. The second-order valence-corrected chi connectivity index (χ2v) is 8.70. The lowest BCUT2D eigenvalue weighted by molar-refractivity contribution is 0.273. The van der Waals surface area contributed by atoms with E-state index in [1.807, 2.05) is 0 Å². The van der Waals surface area contributed by atoms with Crippen LogP contribution < -0.4 is 5.14 Å². The number of sulfonamides is 1. The van der Waals surface area contributed by atoms with Gasteiger partial charge in [0.25, 0.3) is 10.2 Å². The van der Waals surface area contributed by atoms with Gasteiger partial charge in [0.1, 0.15) is 0 Å². The molecule has 1 fully saturated rings. The van der Waals surface area contributed by atoms with E-state index in [1.54, 1.807) is 12.1 Å². The fourth-order valence-corrected chi connectivity index (χ4v) is 4.28. The molecule has 1 aromatic rings. The molecule has 112 valence electrons. The average molecular weight is 384 g/mol. The van der Waals surface area contributed by atoms with Gasteiger partial charge >= 0.3 is 0 Å². The highest BCUT2D eigenvalue weighted by molar-refractivity contribution is 9.10. The Hall–Kier alpha value is -0.520. The number of nitrogens with two attached hydrogens (primary N) is 1. The lowest BCUT2D eigenvalue weighted by atomic mass is 10.4. The summed E-state index contributed by atoms with van der Waals surface area (Å²) in [4.78, 5) is 0.185. The Balaban J connectivity index is 2.15. The Bertz CT molecular complexity index is 680. The third-order valence-electron chi connectivity index (χ3n) is 3.01. The zero-order valence-corrected chi connectivity index (χ0v) is 13.7. The summed E-state index contributed by atoms with van der Waals surface area (Å²) in [5.41, 5.74) is 0. The minimum absolute atomic E-state index is 0.0641. The van der Waals surface area contributed by atoms with Gasteiger partial charge < -0.3 is 0 Å².